The van der Waals surface area contributed by atoms with Crippen LogP contribution in [0.3, 0.4) is 0 Å². The van der Waals surface area contributed by atoms with Gasteiger partial charge in [0.1, 0.15) is 18.0 Å². The first kappa shape index (κ1) is 20.4. The Morgan fingerprint density at radius 3 is 2.59 bits per heavy atom. The number of unbranched alkanes of at least 4 members (excludes halogenated alkanes) is 1. The lowest BCUT2D eigenvalue weighted by atomic mass is 10.1. The van der Waals surface area contributed by atoms with Gasteiger partial charge in [0.05, 0.1) is 17.8 Å². The van der Waals surface area contributed by atoms with Crippen molar-refractivity contribution < 1.29 is 23.1 Å². The molecule has 0 aliphatic carbocycles. The molecule has 1 aliphatic rings. The van der Waals surface area contributed by atoms with Crippen molar-refractivity contribution in [2.75, 3.05) is 11.6 Å². The van der Waals surface area contributed by atoms with Crippen molar-refractivity contribution in [3.63, 3.8) is 0 Å². The number of carbonyl (C=O) groups is 2. The molecule has 2 aromatic rings. The van der Waals surface area contributed by atoms with Crippen LogP contribution < -0.4 is 15.5 Å². The van der Waals surface area contributed by atoms with E-state index in [1.54, 1.807) is 0 Å². The van der Waals surface area contributed by atoms with Crippen LogP contribution in [0.2, 0.25) is 0 Å². The zero-order valence-electron chi connectivity index (χ0n) is 16.0. The summed E-state index contributed by atoms with van der Waals surface area (Å²) in [5.74, 6) is -4.05. The van der Waals surface area contributed by atoms with Gasteiger partial charge >= 0.3 is 0 Å². The molecule has 8 heteroatoms. The van der Waals surface area contributed by atoms with Gasteiger partial charge in [-0.3, -0.25) is 9.59 Å². The van der Waals surface area contributed by atoms with Gasteiger partial charge in [-0.05, 0) is 42.7 Å². The van der Waals surface area contributed by atoms with Crippen LogP contribution in [-0.4, -0.2) is 24.1 Å². The van der Waals surface area contributed by atoms with Gasteiger partial charge in [-0.15, -0.1) is 0 Å². The number of hydrogen-bond donors (Lipinski definition) is 1. The fourth-order valence-corrected chi connectivity index (χ4v) is 2.98. The summed E-state index contributed by atoms with van der Waals surface area (Å²) in [6.45, 7) is 1.94. The lowest BCUT2D eigenvalue weighted by molar-refractivity contribution is -0.116. The van der Waals surface area contributed by atoms with Crippen LogP contribution in [-0.2, 0) is 11.2 Å². The number of aryl methyl sites for hydroxylation is 1. The Balaban J connectivity index is 1.69. The maximum Gasteiger partial charge on any atom is 0.254 e. The third-order valence-electron chi connectivity index (χ3n) is 4.53. The van der Waals surface area contributed by atoms with Crippen molar-refractivity contribution in [1.29, 1.82) is 0 Å². The highest BCUT2D eigenvalue weighted by molar-refractivity contribution is 6.13. The van der Waals surface area contributed by atoms with Crippen LogP contribution in [0.25, 0.3) is 0 Å². The number of hydrogen-bond acceptors (Lipinski definition) is 4. The Morgan fingerprint density at radius 1 is 1.21 bits per heavy atom. The van der Waals surface area contributed by atoms with Crippen LogP contribution in [0.4, 0.5) is 14.5 Å². The second kappa shape index (κ2) is 8.81. The Kier molecular flexibility index (Phi) is 6.21. The van der Waals surface area contributed by atoms with Crippen molar-refractivity contribution in [3.8, 4) is 5.75 Å². The highest BCUT2D eigenvalue weighted by Crippen LogP contribution is 2.25. The van der Waals surface area contributed by atoms with E-state index in [2.05, 4.69) is 12.0 Å². The third kappa shape index (κ3) is 4.59. The van der Waals surface area contributed by atoms with Crippen LogP contribution in [0, 0.1) is 11.6 Å². The molecule has 3 rings (SSSR count). The van der Waals surface area contributed by atoms with Crippen molar-refractivity contribution in [1.82, 2.24) is 0 Å². The molecule has 2 N–H and O–H groups in total. The average Bonchev–Trinajstić information content (AvgIpc) is 3.06. The van der Waals surface area contributed by atoms with Crippen molar-refractivity contribution >= 4 is 23.2 Å². The molecular formula is C21H21F2N3O3. The van der Waals surface area contributed by atoms with Crippen molar-refractivity contribution in [2.45, 2.75) is 32.6 Å². The largest absolute Gasteiger partial charge is 0.484 e. The van der Waals surface area contributed by atoms with E-state index in [-0.39, 0.29) is 24.7 Å². The number of carbonyl (C=O) groups excluding carboxylic acids is 2. The zero-order valence-corrected chi connectivity index (χ0v) is 16.0. The van der Waals surface area contributed by atoms with Gasteiger partial charge in [0.2, 0.25) is 0 Å². The standard InChI is InChI=1S/C21H21F2N3O3/c1-2-3-4-13-5-7-15(8-6-13)26-18(27)11-14(25-26)12-29-17-10-9-16(22)19(20(17)23)21(24)28/h5-10H,2-4,11-12H2,1H3,(H2,24,28). The number of primary amides is 1. The predicted octanol–water partition coefficient (Wildman–Crippen LogP) is 3.58. The van der Waals surface area contributed by atoms with Crippen LogP contribution in [0.5, 0.6) is 5.75 Å². The van der Waals surface area contributed by atoms with Crippen molar-refractivity contribution in [3.05, 3.63) is 59.2 Å². The molecule has 1 heterocycles. The second-order valence-corrected chi connectivity index (χ2v) is 6.71. The highest BCUT2D eigenvalue weighted by atomic mass is 19.1. The summed E-state index contributed by atoms with van der Waals surface area (Å²) in [6.07, 6.45) is 3.20. The minimum atomic E-state index is -1.23. The van der Waals surface area contributed by atoms with E-state index >= 15 is 0 Å². The number of nitrogens with zero attached hydrogens (tertiary/aromatic N) is 2. The number of nitrogens with two attached hydrogens (primary N) is 1. The molecule has 0 spiro atoms. The van der Waals surface area contributed by atoms with E-state index in [4.69, 9.17) is 10.5 Å². The molecule has 0 unspecified atom stereocenters. The lowest BCUT2D eigenvalue weighted by Gasteiger charge is -2.12. The fraction of sp³-hybridized carbons (Fsp3) is 0.286. The Morgan fingerprint density at radius 2 is 1.93 bits per heavy atom. The summed E-state index contributed by atoms with van der Waals surface area (Å²) in [4.78, 5) is 23.5. The molecule has 2 aromatic carbocycles. The molecule has 6 nitrogen and oxygen atoms in total. The molecule has 0 bridgehead atoms. The normalized spacial score (nSPS) is 13.6. The van der Waals surface area contributed by atoms with Gasteiger partial charge in [0, 0.05) is 0 Å². The predicted molar refractivity (Wildman–Crippen MR) is 105 cm³/mol. The highest BCUT2D eigenvalue weighted by Gasteiger charge is 2.26. The van der Waals surface area contributed by atoms with Crippen molar-refractivity contribution in [2.24, 2.45) is 10.8 Å². The Labute approximate surface area is 166 Å². The van der Waals surface area contributed by atoms with E-state index in [1.165, 1.54) is 10.6 Å². The maximum atomic E-state index is 14.2. The number of benzene rings is 2. The van der Waals surface area contributed by atoms with Gasteiger partial charge in [0.25, 0.3) is 11.8 Å². The molecule has 0 fully saturated rings. The molecule has 0 saturated carbocycles. The van der Waals surface area contributed by atoms with E-state index in [1.807, 2.05) is 24.3 Å². The monoisotopic (exact) mass is 401 g/mol. The van der Waals surface area contributed by atoms with Gasteiger partial charge in [0.15, 0.2) is 11.6 Å². The first-order valence-corrected chi connectivity index (χ1v) is 9.29. The van der Waals surface area contributed by atoms with Crippen LogP contribution in [0.15, 0.2) is 41.5 Å². The summed E-state index contributed by atoms with van der Waals surface area (Å²) >= 11 is 0. The number of rotatable bonds is 8. The summed E-state index contributed by atoms with van der Waals surface area (Å²) in [7, 11) is 0. The SMILES string of the molecule is CCCCc1ccc(N2N=C(COc3ccc(F)c(C(N)=O)c3F)CC2=O)cc1. The second-order valence-electron chi connectivity index (χ2n) is 6.71. The van der Waals surface area contributed by atoms with Gasteiger partial charge in [-0.2, -0.15) is 5.10 Å². The maximum absolute atomic E-state index is 14.2. The average molecular weight is 401 g/mol. The van der Waals surface area contributed by atoms with E-state index in [0.29, 0.717) is 11.4 Å². The van der Waals surface area contributed by atoms with Crippen LogP contribution in [0.1, 0.15) is 42.1 Å². The molecule has 29 heavy (non-hydrogen) atoms. The summed E-state index contributed by atoms with van der Waals surface area (Å²) in [5.41, 5.74) is 6.33. The molecule has 2 amide bonds. The van der Waals surface area contributed by atoms with Crippen LogP contribution >= 0.6 is 0 Å². The van der Waals surface area contributed by atoms with Gasteiger partial charge < -0.3 is 10.5 Å². The molecule has 0 aromatic heterocycles. The molecule has 152 valence electrons. The minimum absolute atomic E-state index is 0.0169. The summed E-state index contributed by atoms with van der Waals surface area (Å²) in [6, 6.07) is 9.53. The van der Waals surface area contributed by atoms with E-state index < -0.39 is 23.1 Å². The Hall–Kier alpha value is -3.29. The van der Waals surface area contributed by atoms with Gasteiger partial charge in [-0.1, -0.05) is 25.5 Å². The van der Waals surface area contributed by atoms with E-state index in [9.17, 15) is 18.4 Å². The number of ether oxygens (including phenoxy) is 1. The lowest BCUT2D eigenvalue weighted by Crippen LogP contribution is -2.19. The molecular weight excluding hydrogens is 380 g/mol. The quantitative estimate of drug-likeness (QED) is 0.734. The summed E-state index contributed by atoms with van der Waals surface area (Å²) < 4.78 is 33.1. The number of halogens is 2. The zero-order chi connectivity index (χ0) is 21.0. The first-order valence-electron chi connectivity index (χ1n) is 9.29. The first-order chi connectivity index (χ1) is 13.9. The van der Waals surface area contributed by atoms with Gasteiger partial charge in [-0.25, -0.2) is 13.8 Å². The fourth-order valence-electron chi connectivity index (χ4n) is 2.98. The third-order valence-corrected chi connectivity index (χ3v) is 4.53. The smallest absolute Gasteiger partial charge is 0.254 e. The molecule has 0 radical (unpaired) electrons. The number of amides is 2. The topological polar surface area (TPSA) is 85.0 Å². The van der Waals surface area contributed by atoms with E-state index in [0.717, 1.165) is 31.4 Å². The number of hydrazone groups is 1. The summed E-state index contributed by atoms with van der Waals surface area (Å²) in [5, 5.41) is 5.51. The molecule has 1 aliphatic heterocycles. The number of anilines is 1. The molecule has 0 atom stereocenters. The Bertz CT molecular complexity index is 958. The minimum Gasteiger partial charge on any atom is -0.484 e. The molecule has 0 saturated heterocycles.